The third kappa shape index (κ3) is 8.29. The Labute approximate surface area is 204 Å². The highest BCUT2D eigenvalue weighted by molar-refractivity contribution is 5.95. The SMILES string of the molecule is CCCCCCN(CCN1CCOCC1)C(=O)c1ccc(OCc2cccnc2)c(OCC)c1. The smallest absolute Gasteiger partial charge is 0.254 e. The number of rotatable bonds is 14. The summed E-state index contributed by atoms with van der Waals surface area (Å²) in [4.78, 5) is 22.0. The van der Waals surface area contributed by atoms with E-state index in [-0.39, 0.29) is 5.91 Å². The summed E-state index contributed by atoms with van der Waals surface area (Å²) in [6.45, 7) is 10.8. The molecule has 1 fully saturated rings. The van der Waals surface area contributed by atoms with Crippen molar-refractivity contribution >= 4 is 5.91 Å². The van der Waals surface area contributed by atoms with E-state index in [1.165, 1.54) is 12.8 Å². The first-order valence-corrected chi connectivity index (χ1v) is 12.6. The van der Waals surface area contributed by atoms with Crippen LogP contribution in [0.25, 0.3) is 0 Å². The zero-order valence-electron chi connectivity index (χ0n) is 20.7. The second-order valence-corrected chi connectivity index (χ2v) is 8.55. The van der Waals surface area contributed by atoms with Gasteiger partial charge in [0.1, 0.15) is 6.61 Å². The van der Waals surface area contributed by atoms with Crippen molar-refractivity contribution in [3.63, 3.8) is 0 Å². The molecule has 1 aliphatic rings. The van der Waals surface area contributed by atoms with Crippen molar-refractivity contribution in [2.24, 2.45) is 0 Å². The van der Waals surface area contributed by atoms with Crippen LogP contribution in [0.15, 0.2) is 42.7 Å². The number of aromatic nitrogens is 1. The van der Waals surface area contributed by atoms with Gasteiger partial charge in [0.05, 0.1) is 19.8 Å². The number of benzene rings is 1. The molecule has 0 unspecified atom stereocenters. The number of ether oxygens (including phenoxy) is 3. The molecule has 1 aliphatic heterocycles. The zero-order valence-corrected chi connectivity index (χ0v) is 20.7. The molecule has 0 atom stereocenters. The predicted molar refractivity (Wildman–Crippen MR) is 133 cm³/mol. The van der Waals surface area contributed by atoms with E-state index in [1.807, 2.05) is 42.2 Å². The molecule has 1 aromatic heterocycles. The highest BCUT2D eigenvalue weighted by atomic mass is 16.5. The number of morpholine rings is 1. The Hall–Kier alpha value is -2.64. The second kappa shape index (κ2) is 14.6. The van der Waals surface area contributed by atoms with Crippen molar-refractivity contribution in [3.8, 4) is 11.5 Å². The summed E-state index contributed by atoms with van der Waals surface area (Å²) < 4.78 is 17.3. The zero-order chi connectivity index (χ0) is 24.0. The van der Waals surface area contributed by atoms with Gasteiger partial charge in [0.25, 0.3) is 5.91 Å². The van der Waals surface area contributed by atoms with Crippen LogP contribution in [-0.4, -0.2) is 73.2 Å². The van der Waals surface area contributed by atoms with Crippen LogP contribution in [0.2, 0.25) is 0 Å². The van der Waals surface area contributed by atoms with E-state index in [0.717, 1.165) is 57.8 Å². The van der Waals surface area contributed by atoms with E-state index in [0.29, 0.717) is 36.8 Å². The number of hydrogen-bond donors (Lipinski definition) is 0. The normalized spacial score (nSPS) is 14.1. The van der Waals surface area contributed by atoms with Crippen LogP contribution < -0.4 is 9.47 Å². The highest BCUT2D eigenvalue weighted by Gasteiger charge is 2.20. The second-order valence-electron chi connectivity index (χ2n) is 8.55. The molecular formula is C27H39N3O4. The average molecular weight is 470 g/mol. The molecule has 186 valence electrons. The summed E-state index contributed by atoms with van der Waals surface area (Å²) in [5, 5.41) is 0. The van der Waals surface area contributed by atoms with Gasteiger partial charge in [-0.3, -0.25) is 14.7 Å². The Balaban J connectivity index is 1.68. The standard InChI is InChI=1S/C27H39N3O4/c1-3-5-6-7-13-30(15-14-29-16-18-32-19-17-29)27(31)24-10-11-25(26(20-24)33-4-2)34-22-23-9-8-12-28-21-23/h8-12,20-21H,3-7,13-19,22H2,1-2H3. The van der Waals surface area contributed by atoms with Crippen LogP contribution in [0.3, 0.4) is 0 Å². The molecule has 1 aromatic carbocycles. The molecule has 0 bridgehead atoms. The van der Waals surface area contributed by atoms with Crippen molar-refractivity contribution in [1.29, 1.82) is 0 Å². The molecule has 7 nitrogen and oxygen atoms in total. The van der Waals surface area contributed by atoms with Crippen molar-refractivity contribution in [3.05, 3.63) is 53.9 Å². The van der Waals surface area contributed by atoms with Gasteiger partial charge in [0.2, 0.25) is 0 Å². The average Bonchev–Trinajstić information content (AvgIpc) is 2.88. The topological polar surface area (TPSA) is 64.1 Å². The minimum absolute atomic E-state index is 0.0459. The number of nitrogens with zero attached hydrogens (tertiary/aromatic N) is 3. The predicted octanol–water partition coefficient (Wildman–Crippen LogP) is 4.41. The number of hydrogen-bond acceptors (Lipinski definition) is 6. The van der Waals surface area contributed by atoms with Gasteiger partial charge in [-0.1, -0.05) is 32.3 Å². The Kier molecular flexibility index (Phi) is 11.1. The number of unbranched alkanes of at least 4 members (excludes halogenated alkanes) is 3. The van der Waals surface area contributed by atoms with Crippen LogP contribution in [0.5, 0.6) is 11.5 Å². The van der Waals surface area contributed by atoms with Gasteiger partial charge in [-0.25, -0.2) is 0 Å². The van der Waals surface area contributed by atoms with Crippen LogP contribution in [0, 0.1) is 0 Å². The van der Waals surface area contributed by atoms with Crippen molar-refractivity contribution < 1.29 is 19.0 Å². The van der Waals surface area contributed by atoms with E-state index in [2.05, 4.69) is 16.8 Å². The van der Waals surface area contributed by atoms with E-state index in [4.69, 9.17) is 14.2 Å². The molecule has 2 heterocycles. The Bertz CT molecular complexity index is 856. The van der Waals surface area contributed by atoms with E-state index in [9.17, 15) is 4.79 Å². The summed E-state index contributed by atoms with van der Waals surface area (Å²) in [5.41, 5.74) is 1.61. The first-order valence-electron chi connectivity index (χ1n) is 12.6. The minimum Gasteiger partial charge on any atom is -0.490 e. The summed E-state index contributed by atoms with van der Waals surface area (Å²) in [6.07, 6.45) is 8.06. The Morgan fingerprint density at radius 1 is 1.06 bits per heavy atom. The molecule has 0 saturated carbocycles. The largest absolute Gasteiger partial charge is 0.490 e. The van der Waals surface area contributed by atoms with Gasteiger partial charge < -0.3 is 19.1 Å². The van der Waals surface area contributed by atoms with Gasteiger partial charge in [0, 0.05) is 56.2 Å². The molecule has 1 amide bonds. The Morgan fingerprint density at radius 2 is 1.91 bits per heavy atom. The first-order chi connectivity index (χ1) is 16.7. The quantitative estimate of drug-likeness (QED) is 0.382. The molecule has 1 saturated heterocycles. The molecule has 0 N–H and O–H groups in total. The molecule has 7 heteroatoms. The van der Waals surface area contributed by atoms with Crippen molar-refractivity contribution in [2.75, 3.05) is 52.5 Å². The summed E-state index contributed by atoms with van der Waals surface area (Å²) >= 11 is 0. The lowest BCUT2D eigenvalue weighted by Gasteiger charge is -2.30. The van der Waals surface area contributed by atoms with Crippen LogP contribution in [0.4, 0.5) is 0 Å². The van der Waals surface area contributed by atoms with Crippen LogP contribution in [-0.2, 0) is 11.3 Å². The molecular weight excluding hydrogens is 430 g/mol. The molecule has 0 aliphatic carbocycles. The number of amides is 1. The fourth-order valence-electron chi connectivity index (χ4n) is 3.99. The monoisotopic (exact) mass is 469 g/mol. The fourth-order valence-corrected chi connectivity index (χ4v) is 3.99. The third-order valence-corrected chi connectivity index (χ3v) is 5.97. The van der Waals surface area contributed by atoms with E-state index < -0.39 is 0 Å². The molecule has 3 rings (SSSR count). The van der Waals surface area contributed by atoms with Crippen LogP contribution in [0.1, 0.15) is 55.5 Å². The molecule has 0 radical (unpaired) electrons. The fraction of sp³-hybridized carbons (Fsp3) is 0.556. The minimum atomic E-state index is 0.0459. The third-order valence-electron chi connectivity index (χ3n) is 5.97. The number of pyridine rings is 1. The maximum Gasteiger partial charge on any atom is 0.254 e. The molecule has 0 spiro atoms. The van der Waals surface area contributed by atoms with Gasteiger partial charge in [-0.2, -0.15) is 0 Å². The van der Waals surface area contributed by atoms with Crippen molar-refractivity contribution in [1.82, 2.24) is 14.8 Å². The summed E-state index contributed by atoms with van der Waals surface area (Å²) in [6, 6.07) is 9.35. The van der Waals surface area contributed by atoms with Gasteiger partial charge >= 0.3 is 0 Å². The maximum atomic E-state index is 13.5. The maximum absolute atomic E-state index is 13.5. The van der Waals surface area contributed by atoms with Gasteiger partial charge in [0.15, 0.2) is 11.5 Å². The lowest BCUT2D eigenvalue weighted by Crippen LogP contribution is -2.43. The van der Waals surface area contributed by atoms with E-state index in [1.54, 1.807) is 12.4 Å². The number of carbonyl (C=O) groups excluding carboxylic acids is 1. The van der Waals surface area contributed by atoms with Crippen molar-refractivity contribution in [2.45, 2.75) is 46.1 Å². The molecule has 34 heavy (non-hydrogen) atoms. The van der Waals surface area contributed by atoms with E-state index >= 15 is 0 Å². The summed E-state index contributed by atoms with van der Waals surface area (Å²) in [7, 11) is 0. The molecule has 2 aromatic rings. The summed E-state index contributed by atoms with van der Waals surface area (Å²) in [5.74, 6) is 1.27. The highest BCUT2D eigenvalue weighted by Crippen LogP contribution is 2.30. The Morgan fingerprint density at radius 3 is 2.65 bits per heavy atom. The van der Waals surface area contributed by atoms with Gasteiger partial charge in [-0.05, 0) is 37.6 Å². The number of carbonyl (C=O) groups is 1. The first kappa shape index (κ1) is 26.0. The van der Waals surface area contributed by atoms with Gasteiger partial charge in [-0.15, -0.1) is 0 Å². The lowest BCUT2D eigenvalue weighted by atomic mass is 10.1. The van der Waals surface area contributed by atoms with Crippen LogP contribution >= 0.6 is 0 Å². The lowest BCUT2D eigenvalue weighted by molar-refractivity contribution is 0.0324.